The van der Waals surface area contributed by atoms with Gasteiger partial charge in [-0.2, -0.15) is 0 Å². The van der Waals surface area contributed by atoms with Crippen molar-refractivity contribution >= 4 is 11.8 Å². The summed E-state index contributed by atoms with van der Waals surface area (Å²) in [6.45, 7) is 2.79. The van der Waals surface area contributed by atoms with Crippen molar-refractivity contribution in [3.05, 3.63) is 35.9 Å². The first kappa shape index (κ1) is 16.5. The molecule has 1 aromatic carbocycles. The topological polar surface area (TPSA) is 49.4 Å². The van der Waals surface area contributed by atoms with Crippen LogP contribution >= 0.6 is 0 Å². The molecule has 4 nitrogen and oxygen atoms in total. The molecule has 0 aliphatic heterocycles. The number of carbonyl (C=O) groups is 2. The monoisotopic (exact) mass is 302 g/mol. The van der Waals surface area contributed by atoms with E-state index in [4.69, 9.17) is 0 Å². The number of hydrogen-bond donors (Lipinski definition) is 1. The van der Waals surface area contributed by atoms with Crippen molar-refractivity contribution in [2.45, 2.75) is 51.5 Å². The number of carbonyl (C=O) groups excluding carboxylic acids is 2. The molecule has 1 aliphatic carbocycles. The van der Waals surface area contributed by atoms with E-state index in [-0.39, 0.29) is 11.8 Å². The maximum Gasteiger partial charge on any atom is 0.220 e. The Kier molecular flexibility index (Phi) is 6.44. The molecule has 2 rings (SSSR count). The average molecular weight is 302 g/mol. The lowest BCUT2D eigenvalue weighted by molar-refractivity contribution is -0.131. The molecule has 2 amide bonds. The van der Waals surface area contributed by atoms with Crippen molar-refractivity contribution in [1.82, 2.24) is 10.2 Å². The van der Waals surface area contributed by atoms with Crippen molar-refractivity contribution in [2.24, 2.45) is 0 Å². The van der Waals surface area contributed by atoms with Gasteiger partial charge >= 0.3 is 0 Å². The Bertz CT molecular complexity index is 481. The van der Waals surface area contributed by atoms with Gasteiger partial charge in [0.15, 0.2) is 0 Å². The zero-order chi connectivity index (χ0) is 15.8. The first-order chi connectivity index (χ1) is 10.7. The van der Waals surface area contributed by atoms with Crippen LogP contribution in [0.25, 0.3) is 0 Å². The van der Waals surface area contributed by atoms with Crippen LogP contribution in [0.5, 0.6) is 0 Å². The molecule has 0 aromatic heterocycles. The second-order valence-corrected chi connectivity index (χ2v) is 5.99. The second-order valence-electron chi connectivity index (χ2n) is 5.99. The fraction of sp³-hybridized carbons (Fsp3) is 0.556. The van der Waals surface area contributed by atoms with E-state index >= 15 is 0 Å². The van der Waals surface area contributed by atoms with Crippen LogP contribution in [0.2, 0.25) is 0 Å². The van der Waals surface area contributed by atoms with E-state index in [0.29, 0.717) is 25.6 Å². The Morgan fingerprint density at radius 3 is 2.50 bits per heavy atom. The van der Waals surface area contributed by atoms with Gasteiger partial charge in [0.1, 0.15) is 0 Å². The lowest BCUT2D eigenvalue weighted by Crippen LogP contribution is -2.42. The third-order valence-corrected chi connectivity index (χ3v) is 4.33. The third kappa shape index (κ3) is 5.17. The van der Waals surface area contributed by atoms with Crippen LogP contribution in [0, 0.1) is 0 Å². The summed E-state index contributed by atoms with van der Waals surface area (Å²) in [5.41, 5.74) is 1.17. The normalized spacial score (nSPS) is 14.8. The van der Waals surface area contributed by atoms with Crippen LogP contribution in [0.3, 0.4) is 0 Å². The van der Waals surface area contributed by atoms with Crippen LogP contribution in [-0.2, 0) is 16.0 Å². The predicted molar refractivity (Wildman–Crippen MR) is 87.4 cm³/mol. The zero-order valence-corrected chi connectivity index (χ0v) is 13.4. The van der Waals surface area contributed by atoms with E-state index in [1.165, 1.54) is 18.4 Å². The number of hydrogen-bond acceptors (Lipinski definition) is 2. The standard InChI is InChI=1S/C18H26N2O2/c1-15(21)20(17-9-5-6-10-17)14-13-19-18(22)12-11-16-7-3-2-4-8-16/h2-4,7-8,17H,5-6,9-14H2,1H3,(H,19,22). The van der Waals surface area contributed by atoms with Crippen LogP contribution in [0.4, 0.5) is 0 Å². The van der Waals surface area contributed by atoms with Gasteiger partial charge in [-0.15, -0.1) is 0 Å². The first-order valence-electron chi connectivity index (χ1n) is 8.24. The molecular formula is C18H26N2O2. The van der Waals surface area contributed by atoms with Gasteiger partial charge in [0, 0.05) is 32.5 Å². The molecule has 0 atom stereocenters. The van der Waals surface area contributed by atoms with E-state index in [9.17, 15) is 9.59 Å². The molecule has 0 spiro atoms. The molecular weight excluding hydrogens is 276 g/mol. The van der Waals surface area contributed by atoms with E-state index < -0.39 is 0 Å². The predicted octanol–water partition coefficient (Wildman–Crippen LogP) is 2.53. The minimum Gasteiger partial charge on any atom is -0.354 e. The Morgan fingerprint density at radius 2 is 1.86 bits per heavy atom. The number of nitrogens with zero attached hydrogens (tertiary/aromatic N) is 1. The van der Waals surface area contributed by atoms with E-state index in [2.05, 4.69) is 5.32 Å². The summed E-state index contributed by atoms with van der Waals surface area (Å²) in [7, 11) is 0. The number of amides is 2. The molecule has 1 aromatic rings. The lowest BCUT2D eigenvalue weighted by atomic mass is 10.1. The van der Waals surface area contributed by atoms with Crippen molar-refractivity contribution < 1.29 is 9.59 Å². The van der Waals surface area contributed by atoms with Crippen LogP contribution in [0.1, 0.15) is 44.6 Å². The highest BCUT2D eigenvalue weighted by Crippen LogP contribution is 2.23. The molecule has 0 heterocycles. The number of aryl methyl sites for hydroxylation is 1. The summed E-state index contributed by atoms with van der Waals surface area (Å²) in [5, 5.41) is 2.93. The smallest absolute Gasteiger partial charge is 0.220 e. The highest BCUT2D eigenvalue weighted by Gasteiger charge is 2.24. The van der Waals surface area contributed by atoms with E-state index in [0.717, 1.165) is 19.3 Å². The number of nitrogens with one attached hydrogen (secondary N) is 1. The minimum absolute atomic E-state index is 0.0544. The Labute approximate surface area is 132 Å². The molecule has 4 heteroatoms. The maximum atomic E-state index is 11.9. The van der Waals surface area contributed by atoms with E-state index in [1.807, 2.05) is 35.2 Å². The average Bonchev–Trinajstić information content (AvgIpc) is 3.04. The molecule has 1 saturated carbocycles. The Hall–Kier alpha value is -1.84. The fourth-order valence-electron chi connectivity index (χ4n) is 3.12. The van der Waals surface area contributed by atoms with Gasteiger partial charge in [-0.05, 0) is 24.8 Å². The molecule has 1 N–H and O–H groups in total. The van der Waals surface area contributed by atoms with Crippen LogP contribution in [-0.4, -0.2) is 35.8 Å². The van der Waals surface area contributed by atoms with Crippen molar-refractivity contribution in [3.8, 4) is 0 Å². The van der Waals surface area contributed by atoms with Crippen LogP contribution < -0.4 is 5.32 Å². The SMILES string of the molecule is CC(=O)N(CCNC(=O)CCc1ccccc1)C1CCCC1. The summed E-state index contributed by atoms with van der Waals surface area (Å²) < 4.78 is 0. The second kappa shape index (κ2) is 8.57. The summed E-state index contributed by atoms with van der Waals surface area (Å²) in [5.74, 6) is 0.171. The van der Waals surface area contributed by atoms with E-state index in [1.54, 1.807) is 6.92 Å². The Morgan fingerprint density at radius 1 is 1.18 bits per heavy atom. The quantitative estimate of drug-likeness (QED) is 0.841. The molecule has 0 bridgehead atoms. The molecule has 0 unspecified atom stereocenters. The van der Waals surface area contributed by atoms with Crippen LogP contribution in [0.15, 0.2) is 30.3 Å². The number of benzene rings is 1. The molecule has 1 fully saturated rings. The first-order valence-corrected chi connectivity index (χ1v) is 8.24. The summed E-state index contributed by atoms with van der Waals surface area (Å²) in [6, 6.07) is 10.4. The van der Waals surface area contributed by atoms with Crippen molar-refractivity contribution in [3.63, 3.8) is 0 Å². The summed E-state index contributed by atoms with van der Waals surface area (Å²) >= 11 is 0. The molecule has 0 radical (unpaired) electrons. The molecule has 22 heavy (non-hydrogen) atoms. The van der Waals surface area contributed by atoms with Gasteiger partial charge in [0.25, 0.3) is 0 Å². The highest BCUT2D eigenvalue weighted by atomic mass is 16.2. The molecule has 1 aliphatic rings. The minimum atomic E-state index is 0.0544. The summed E-state index contributed by atoms with van der Waals surface area (Å²) in [6.07, 6.45) is 5.86. The largest absolute Gasteiger partial charge is 0.354 e. The lowest BCUT2D eigenvalue weighted by Gasteiger charge is -2.27. The maximum absolute atomic E-state index is 11.9. The van der Waals surface area contributed by atoms with Gasteiger partial charge in [-0.3, -0.25) is 9.59 Å². The van der Waals surface area contributed by atoms with Gasteiger partial charge in [-0.25, -0.2) is 0 Å². The zero-order valence-electron chi connectivity index (χ0n) is 13.4. The Balaban J connectivity index is 1.68. The molecule has 120 valence electrons. The fourth-order valence-corrected chi connectivity index (χ4v) is 3.12. The molecule has 0 saturated heterocycles. The van der Waals surface area contributed by atoms with Gasteiger partial charge in [-0.1, -0.05) is 43.2 Å². The third-order valence-electron chi connectivity index (χ3n) is 4.33. The van der Waals surface area contributed by atoms with Gasteiger partial charge in [0.05, 0.1) is 0 Å². The van der Waals surface area contributed by atoms with Crippen molar-refractivity contribution in [2.75, 3.05) is 13.1 Å². The number of rotatable bonds is 7. The van der Waals surface area contributed by atoms with Gasteiger partial charge in [0.2, 0.25) is 11.8 Å². The van der Waals surface area contributed by atoms with Crippen molar-refractivity contribution in [1.29, 1.82) is 0 Å². The van der Waals surface area contributed by atoms with Gasteiger partial charge < -0.3 is 10.2 Å². The highest BCUT2D eigenvalue weighted by molar-refractivity contribution is 5.76. The summed E-state index contributed by atoms with van der Waals surface area (Å²) in [4.78, 5) is 25.5.